The highest BCUT2D eigenvalue weighted by Crippen LogP contribution is 2.50. The van der Waals surface area contributed by atoms with Crippen molar-refractivity contribution in [2.24, 2.45) is 0 Å². The molecule has 1 aromatic heterocycles. The van der Waals surface area contributed by atoms with Crippen LogP contribution in [0.2, 0.25) is 22.2 Å². The maximum atomic E-state index is 12.7. The second kappa shape index (κ2) is 8.54. The van der Waals surface area contributed by atoms with E-state index in [0.717, 1.165) is 0 Å². The number of nitrogens with zero attached hydrogens (tertiary/aromatic N) is 1. The molecule has 0 unspecified atom stereocenters. The van der Waals surface area contributed by atoms with Crippen molar-refractivity contribution in [2.75, 3.05) is 6.61 Å². The lowest BCUT2D eigenvalue weighted by Crippen LogP contribution is -2.65. The van der Waals surface area contributed by atoms with Crippen LogP contribution in [0, 0.1) is 0 Å². The predicted octanol–water partition coefficient (Wildman–Crippen LogP) is 3.42. The number of rotatable bonds is 4. The summed E-state index contributed by atoms with van der Waals surface area (Å²) in [6, 6.07) is 1.39. The van der Waals surface area contributed by atoms with E-state index in [1.807, 2.05) is 0 Å². The van der Waals surface area contributed by atoms with Crippen LogP contribution in [0.25, 0.3) is 0 Å². The Hall–Kier alpha value is -1.09. The molecule has 3 aliphatic heterocycles. The average molecular weight is 499 g/mol. The molecule has 0 bridgehead atoms. The largest absolute Gasteiger partial charge is 0.414 e. The van der Waals surface area contributed by atoms with E-state index in [2.05, 4.69) is 60.4 Å². The van der Waals surface area contributed by atoms with Gasteiger partial charge in [0, 0.05) is 6.07 Å². The van der Waals surface area contributed by atoms with Crippen molar-refractivity contribution < 1.29 is 22.4 Å². The van der Waals surface area contributed by atoms with Crippen molar-refractivity contribution in [2.45, 2.75) is 109 Å². The Morgan fingerprint density at radius 3 is 2.15 bits per heavy atom. The fourth-order valence-electron chi connectivity index (χ4n) is 5.68. The van der Waals surface area contributed by atoms with Gasteiger partial charge in [0.1, 0.15) is 6.10 Å². The first-order chi connectivity index (χ1) is 15.4. The van der Waals surface area contributed by atoms with Crippen LogP contribution in [-0.4, -0.2) is 45.5 Å². The predicted molar refractivity (Wildman–Crippen MR) is 127 cm³/mol. The van der Waals surface area contributed by atoms with Gasteiger partial charge in [-0.3, -0.25) is 9.78 Å². The van der Waals surface area contributed by atoms with Crippen LogP contribution in [0.4, 0.5) is 0 Å². The summed E-state index contributed by atoms with van der Waals surface area (Å²) in [5, 5.41) is 0. The summed E-state index contributed by atoms with van der Waals surface area (Å²) in [7, 11) is -5.47. The van der Waals surface area contributed by atoms with E-state index < -0.39 is 40.4 Å². The number of hydrogen-bond acceptors (Lipinski definition) is 7. The van der Waals surface area contributed by atoms with Crippen molar-refractivity contribution in [3.63, 3.8) is 0 Å². The minimum Gasteiger partial charge on any atom is -0.414 e. The lowest BCUT2D eigenvalue weighted by molar-refractivity contribution is -0.272. The Labute approximate surface area is 197 Å². The molecule has 11 heteroatoms. The van der Waals surface area contributed by atoms with Gasteiger partial charge in [0.05, 0.1) is 31.4 Å². The third-order valence-electron chi connectivity index (χ3n) is 7.36. The number of aromatic amines is 1. The lowest BCUT2D eigenvalue weighted by Gasteiger charge is -2.51. The van der Waals surface area contributed by atoms with E-state index in [-0.39, 0.29) is 34.9 Å². The van der Waals surface area contributed by atoms with Crippen molar-refractivity contribution >= 4 is 17.1 Å². The van der Waals surface area contributed by atoms with Gasteiger partial charge in [-0.2, -0.15) is 0 Å². The van der Waals surface area contributed by atoms with Crippen molar-refractivity contribution in [3.8, 4) is 0 Å². The van der Waals surface area contributed by atoms with Gasteiger partial charge in [0.15, 0.2) is 0 Å². The SMILES string of the molecule is CC(C)[Si]1(C(C)C)OC[C@H]2O[C@]3(C[C@@H]2O[Si](C(C)C)(C(C)C)O1)OCc1cc(=O)[nH]c(=O)n13. The third kappa shape index (κ3) is 3.85. The Bertz CT molecular complexity index is 989. The lowest BCUT2D eigenvalue weighted by atomic mass is 10.2. The Morgan fingerprint density at radius 1 is 0.970 bits per heavy atom. The molecule has 2 fully saturated rings. The number of H-pyrrole nitrogens is 1. The molecule has 3 aliphatic rings. The summed E-state index contributed by atoms with van der Waals surface area (Å²) < 4.78 is 34.9. The first-order valence-corrected chi connectivity index (χ1v) is 16.0. The standard InChI is InChI=1S/C22H38N2O7Si2/c1-13(2)32(14(3)4)28-12-19-18(30-33(31-32,15(5)6)16(7)8)10-22(29-19)24-17(11-27-22)9-20(25)23-21(24)26/h9,13-16,18-19H,10-12H2,1-8H3,(H,23,25,26)/t18-,19+,22-/m0/s1. The highest BCUT2D eigenvalue weighted by Gasteiger charge is 2.63. The number of hydrogen-bond donors (Lipinski definition) is 1. The number of ether oxygens (including phenoxy) is 2. The van der Waals surface area contributed by atoms with Crippen LogP contribution in [-0.2, 0) is 35.0 Å². The fourth-order valence-corrected chi connectivity index (χ4v) is 16.9. The normalized spacial score (nSPS) is 30.8. The zero-order chi connectivity index (χ0) is 24.3. The molecule has 1 N–H and O–H groups in total. The second-order valence-electron chi connectivity index (χ2n) is 10.8. The molecular formula is C22H38N2O7Si2. The van der Waals surface area contributed by atoms with Gasteiger partial charge in [0.25, 0.3) is 11.5 Å². The molecule has 0 aliphatic carbocycles. The fraction of sp³-hybridized carbons (Fsp3) is 0.818. The zero-order valence-electron chi connectivity index (χ0n) is 21.0. The average Bonchev–Trinajstić information content (AvgIpc) is 3.21. The molecule has 1 spiro atoms. The zero-order valence-corrected chi connectivity index (χ0v) is 23.0. The van der Waals surface area contributed by atoms with Crippen LogP contribution in [0.3, 0.4) is 0 Å². The van der Waals surface area contributed by atoms with Crippen LogP contribution < -0.4 is 11.2 Å². The molecule has 0 aromatic carbocycles. The molecule has 2 saturated heterocycles. The molecule has 4 rings (SSSR count). The summed E-state index contributed by atoms with van der Waals surface area (Å²) in [5.41, 5.74) is 0.361. The second-order valence-corrected chi connectivity index (χ2v) is 19.6. The van der Waals surface area contributed by atoms with E-state index in [0.29, 0.717) is 18.7 Å². The third-order valence-corrected chi connectivity index (χ3v) is 17.6. The first kappa shape index (κ1) is 25.0. The minimum atomic E-state index is -2.79. The van der Waals surface area contributed by atoms with Gasteiger partial charge in [-0.05, 0) is 22.2 Å². The first-order valence-electron chi connectivity index (χ1n) is 12.1. The smallest absolute Gasteiger partial charge is 0.335 e. The molecule has 3 atom stereocenters. The summed E-state index contributed by atoms with van der Waals surface area (Å²) >= 11 is 0. The van der Waals surface area contributed by atoms with Crippen molar-refractivity contribution in [1.82, 2.24) is 9.55 Å². The van der Waals surface area contributed by atoms with Gasteiger partial charge in [0.2, 0.25) is 0 Å². The van der Waals surface area contributed by atoms with Crippen LogP contribution in [0.1, 0.15) is 67.5 Å². The van der Waals surface area contributed by atoms with E-state index in [1.165, 1.54) is 10.6 Å². The van der Waals surface area contributed by atoms with Gasteiger partial charge in [-0.25, -0.2) is 9.36 Å². The van der Waals surface area contributed by atoms with E-state index in [9.17, 15) is 9.59 Å². The Balaban J connectivity index is 1.79. The quantitative estimate of drug-likeness (QED) is 0.635. The maximum Gasteiger partial charge on any atom is 0.335 e. The number of nitrogens with one attached hydrogen (secondary N) is 1. The number of aromatic nitrogens is 2. The monoisotopic (exact) mass is 498 g/mol. The van der Waals surface area contributed by atoms with E-state index in [1.54, 1.807) is 0 Å². The molecule has 0 amide bonds. The molecule has 0 saturated carbocycles. The summed E-state index contributed by atoms with van der Waals surface area (Å²) in [5.74, 6) is -1.31. The summed E-state index contributed by atoms with van der Waals surface area (Å²) in [6.45, 7) is 17.8. The molecule has 1 aromatic rings. The van der Waals surface area contributed by atoms with Gasteiger partial charge < -0.3 is 22.4 Å². The van der Waals surface area contributed by atoms with E-state index in [4.69, 9.17) is 22.4 Å². The summed E-state index contributed by atoms with van der Waals surface area (Å²) in [6.07, 6.45) is -0.430. The van der Waals surface area contributed by atoms with Gasteiger partial charge >= 0.3 is 22.8 Å². The highest BCUT2D eigenvalue weighted by molar-refractivity contribution is 6.83. The molecule has 9 nitrogen and oxygen atoms in total. The molecule has 33 heavy (non-hydrogen) atoms. The van der Waals surface area contributed by atoms with Crippen LogP contribution in [0.5, 0.6) is 0 Å². The summed E-state index contributed by atoms with van der Waals surface area (Å²) in [4.78, 5) is 26.9. The Kier molecular flexibility index (Phi) is 6.47. The molecule has 186 valence electrons. The maximum absolute atomic E-state index is 12.7. The highest BCUT2D eigenvalue weighted by atomic mass is 28.5. The number of fused-ring (bicyclic) bond motifs is 3. The van der Waals surface area contributed by atoms with Crippen LogP contribution in [0.15, 0.2) is 15.7 Å². The van der Waals surface area contributed by atoms with Crippen molar-refractivity contribution in [1.29, 1.82) is 0 Å². The Morgan fingerprint density at radius 2 is 1.58 bits per heavy atom. The van der Waals surface area contributed by atoms with E-state index >= 15 is 0 Å². The topological polar surface area (TPSA) is 101 Å². The molecule has 0 radical (unpaired) electrons. The van der Waals surface area contributed by atoms with Gasteiger partial charge in [-0.1, -0.05) is 55.4 Å². The van der Waals surface area contributed by atoms with Crippen molar-refractivity contribution in [3.05, 3.63) is 32.6 Å². The molecule has 4 heterocycles. The van der Waals surface area contributed by atoms with Gasteiger partial charge in [-0.15, -0.1) is 0 Å². The molecular weight excluding hydrogens is 460 g/mol. The minimum absolute atomic E-state index is 0.129. The van der Waals surface area contributed by atoms with Crippen LogP contribution >= 0.6 is 0 Å².